The van der Waals surface area contributed by atoms with Gasteiger partial charge in [-0.2, -0.15) is 0 Å². The second-order valence-corrected chi connectivity index (χ2v) is 8.59. The lowest BCUT2D eigenvalue weighted by Crippen LogP contribution is -2.27. The molecular weight excluding hydrogens is 364 g/mol. The number of hydrogen-bond donors (Lipinski definition) is 2. The Morgan fingerprint density at radius 1 is 1.07 bits per heavy atom. The van der Waals surface area contributed by atoms with Gasteiger partial charge in [0.2, 0.25) is 10.0 Å². The molecule has 7 heteroatoms. The van der Waals surface area contributed by atoms with Crippen LogP contribution in [0, 0.1) is 19.8 Å². The maximum Gasteiger partial charge on any atom is 0.262 e. The minimum atomic E-state index is -3.56. The molecule has 2 aromatic rings. The van der Waals surface area contributed by atoms with E-state index in [4.69, 9.17) is 4.74 Å². The van der Waals surface area contributed by atoms with Crippen LogP contribution in [0.4, 0.5) is 5.69 Å². The van der Waals surface area contributed by atoms with E-state index in [1.54, 1.807) is 13.0 Å². The summed E-state index contributed by atoms with van der Waals surface area (Å²) in [5, 5.41) is 2.79. The summed E-state index contributed by atoms with van der Waals surface area (Å²) < 4.78 is 32.7. The van der Waals surface area contributed by atoms with Crippen molar-refractivity contribution < 1.29 is 17.9 Å². The van der Waals surface area contributed by atoms with Gasteiger partial charge in [0.1, 0.15) is 5.75 Å². The van der Waals surface area contributed by atoms with Crippen molar-refractivity contribution in [2.75, 3.05) is 18.5 Å². The first-order valence-corrected chi connectivity index (χ1v) is 10.3. The molecule has 0 aliphatic rings. The van der Waals surface area contributed by atoms with Gasteiger partial charge < -0.3 is 10.1 Å². The minimum Gasteiger partial charge on any atom is -0.483 e. The SMILES string of the molecule is Cc1ccccc1NC(=O)COc1ccc(S(=O)(=O)NCC(C)C)cc1C. The topological polar surface area (TPSA) is 84.5 Å². The molecule has 0 bridgehead atoms. The summed E-state index contributed by atoms with van der Waals surface area (Å²) in [6, 6.07) is 12.1. The number of aryl methyl sites for hydroxylation is 2. The number of carbonyl (C=O) groups is 1. The summed E-state index contributed by atoms with van der Waals surface area (Å²) >= 11 is 0. The molecule has 2 N–H and O–H groups in total. The van der Waals surface area contributed by atoms with Crippen molar-refractivity contribution in [2.45, 2.75) is 32.6 Å². The van der Waals surface area contributed by atoms with Crippen LogP contribution in [-0.4, -0.2) is 27.5 Å². The minimum absolute atomic E-state index is 0.160. The van der Waals surface area contributed by atoms with E-state index in [1.807, 2.05) is 45.0 Å². The van der Waals surface area contributed by atoms with Gasteiger partial charge in [0.05, 0.1) is 4.90 Å². The van der Waals surface area contributed by atoms with Gasteiger partial charge in [-0.25, -0.2) is 13.1 Å². The molecule has 0 fully saturated rings. The number of benzene rings is 2. The molecular formula is C20H26N2O4S. The Morgan fingerprint density at radius 3 is 2.41 bits per heavy atom. The van der Waals surface area contributed by atoms with E-state index in [-0.39, 0.29) is 23.3 Å². The molecule has 2 rings (SSSR count). The third-order valence-electron chi connectivity index (χ3n) is 3.92. The van der Waals surface area contributed by atoms with Crippen LogP contribution in [-0.2, 0) is 14.8 Å². The summed E-state index contributed by atoms with van der Waals surface area (Å²) in [7, 11) is -3.56. The Bertz CT molecular complexity index is 908. The van der Waals surface area contributed by atoms with E-state index in [2.05, 4.69) is 10.0 Å². The van der Waals surface area contributed by atoms with Crippen LogP contribution in [0.1, 0.15) is 25.0 Å². The van der Waals surface area contributed by atoms with Crippen LogP contribution in [0.15, 0.2) is 47.4 Å². The highest BCUT2D eigenvalue weighted by Crippen LogP contribution is 2.22. The largest absolute Gasteiger partial charge is 0.483 e. The van der Waals surface area contributed by atoms with Crippen molar-refractivity contribution in [1.29, 1.82) is 0 Å². The molecule has 0 aliphatic heterocycles. The van der Waals surface area contributed by atoms with Gasteiger partial charge >= 0.3 is 0 Å². The lowest BCUT2D eigenvalue weighted by Gasteiger charge is -2.13. The van der Waals surface area contributed by atoms with Crippen LogP contribution in [0.5, 0.6) is 5.75 Å². The Labute approximate surface area is 161 Å². The number of anilines is 1. The first-order chi connectivity index (χ1) is 12.7. The molecule has 0 aliphatic carbocycles. The number of hydrogen-bond acceptors (Lipinski definition) is 4. The zero-order valence-electron chi connectivity index (χ0n) is 16.1. The van der Waals surface area contributed by atoms with Crippen molar-refractivity contribution >= 4 is 21.6 Å². The van der Waals surface area contributed by atoms with Gasteiger partial charge in [-0.3, -0.25) is 4.79 Å². The van der Waals surface area contributed by atoms with Crippen LogP contribution < -0.4 is 14.8 Å². The molecule has 1 amide bonds. The zero-order valence-corrected chi connectivity index (χ0v) is 16.9. The Balaban J connectivity index is 2.00. The van der Waals surface area contributed by atoms with E-state index in [0.717, 1.165) is 11.3 Å². The fourth-order valence-electron chi connectivity index (χ4n) is 2.35. The summed E-state index contributed by atoms with van der Waals surface area (Å²) in [4.78, 5) is 12.3. The monoisotopic (exact) mass is 390 g/mol. The van der Waals surface area contributed by atoms with E-state index in [0.29, 0.717) is 17.9 Å². The predicted molar refractivity (Wildman–Crippen MR) is 107 cm³/mol. The highest BCUT2D eigenvalue weighted by Gasteiger charge is 2.16. The summed E-state index contributed by atoms with van der Waals surface area (Å²) in [5.41, 5.74) is 2.34. The van der Waals surface area contributed by atoms with Crippen LogP contribution >= 0.6 is 0 Å². The van der Waals surface area contributed by atoms with Crippen molar-refractivity contribution in [1.82, 2.24) is 4.72 Å². The average molecular weight is 391 g/mol. The van der Waals surface area contributed by atoms with Crippen molar-refractivity contribution in [3.05, 3.63) is 53.6 Å². The second-order valence-electron chi connectivity index (χ2n) is 6.82. The zero-order chi connectivity index (χ0) is 20.0. The van der Waals surface area contributed by atoms with E-state index in [1.165, 1.54) is 12.1 Å². The molecule has 0 atom stereocenters. The number of nitrogens with one attached hydrogen (secondary N) is 2. The molecule has 2 aromatic carbocycles. The number of carbonyl (C=O) groups excluding carboxylic acids is 1. The first kappa shape index (κ1) is 20.9. The predicted octanol–water partition coefficient (Wildman–Crippen LogP) is 3.26. The fourth-order valence-corrected chi connectivity index (χ4v) is 3.65. The molecule has 0 saturated heterocycles. The van der Waals surface area contributed by atoms with Gasteiger partial charge in [0.25, 0.3) is 5.91 Å². The number of sulfonamides is 1. The fraction of sp³-hybridized carbons (Fsp3) is 0.350. The summed E-state index contributed by atoms with van der Waals surface area (Å²) in [6.07, 6.45) is 0. The Kier molecular flexibility index (Phi) is 6.98. The Hall–Kier alpha value is -2.38. The third kappa shape index (κ3) is 6.08. The van der Waals surface area contributed by atoms with Crippen molar-refractivity contribution in [2.24, 2.45) is 5.92 Å². The number of para-hydroxylation sites is 1. The molecule has 27 heavy (non-hydrogen) atoms. The van der Waals surface area contributed by atoms with Crippen molar-refractivity contribution in [3.8, 4) is 5.75 Å². The molecule has 0 radical (unpaired) electrons. The summed E-state index contributed by atoms with van der Waals surface area (Å²) in [5.74, 6) is 0.409. The lowest BCUT2D eigenvalue weighted by molar-refractivity contribution is -0.118. The molecule has 0 unspecified atom stereocenters. The van der Waals surface area contributed by atoms with Crippen LogP contribution in [0.2, 0.25) is 0 Å². The van der Waals surface area contributed by atoms with Crippen LogP contribution in [0.25, 0.3) is 0 Å². The molecule has 0 saturated carbocycles. The van der Waals surface area contributed by atoms with Crippen LogP contribution in [0.3, 0.4) is 0 Å². The quantitative estimate of drug-likeness (QED) is 0.725. The number of ether oxygens (including phenoxy) is 1. The number of amides is 1. The smallest absolute Gasteiger partial charge is 0.262 e. The Morgan fingerprint density at radius 2 is 1.78 bits per heavy atom. The first-order valence-electron chi connectivity index (χ1n) is 8.77. The molecule has 0 heterocycles. The molecule has 6 nitrogen and oxygen atoms in total. The van der Waals surface area contributed by atoms with Gasteiger partial charge in [-0.15, -0.1) is 0 Å². The average Bonchev–Trinajstić information content (AvgIpc) is 2.61. The second kappa shape index (κ2) is 9.01. The van der Waals surface area contributed by atoms with Gasteiger partial charge in [-0.1, -0.05) is 32.0 Å². The molecule has 0 aromatic heterocycles. The van der Waals surface area contributed by atoms with E-state index in [9.17, 15) is 13.2 Å². The maximum atomic E-state index is 12.3. The standard InChI is InChI=1S/C20H26N2O4S/c1-14(2)12-21-27(24,25)17-9-10-19(16(4)11-17)26-13-20(23)22-18-8-6-5-7-15(18)3/h5-11,14,21H,12-13H2,1-4H3,(H,22,23). The molecule has 0 spiro atoms. The number of rotatable bonds is 8. The van der Waals surface area contributed by atoms with Gasteiger partial charge in [0.15, 0.2) is 6.61 Å². The van der Waals surface area contributed by atoms with E-state index >= 15 is 0 Å². The lowest BCUT2D eigenvalue weighted by atomic mass is 10.2. The highest BCUT2D eigenvalue weighted by atomic mass is 32.2. The van der Waals surface area contributed by atoms with E-state index < -0.39 is 10.0 Å². The highest BCUT2D eigenvalue weighted by molar-refractivity contribution is 7.89. The van der Waals surface area contributed by atoms with Gasteiger partial charge in [-0.05, 0) is 55.2 Å². The summed E-state index contributed by atoms with van der Waals surface area (Å²) in [6.45, 7) is 7.74. The van der Waals surface area contributed by atoms with Crippen molar-refractivity contribution in [3.63, 3.8) is 0 Å². The molecule has 146 valence electrons. The normalized spacial score (nSPS) is 11.4. The van der Waals surface area contributed by atoms with Gasteiger partial charge in [0, 0.05) is 12.2 Å². The third-order valence-corrected chi connectivity index (χ3v) is 5.34. The maximum absolute atomic E-state index is 12.3.